The van der Waals surface area contributed by atoms with Crippen LogP contribution in [0.1, 0.15) is 13.8 Å². The number of aliphatic hydroxyl groups excluding tert-OH is 1. The molecule has 0 aliphatic carbocycles. The maximum atomic E-state index is 9.99. The van der Waals surface area contributed by atoms with Crippen LogP contribution in [-0.2, 0) is 14.4 Å². The monoisotopic (exact) mass is 335 g/mol. The molecule has 0 aliphatic heterocycles. The molecule has 0 spiro atoms. The first kappa shape index (κ1) is 38.1. The third-order valence-electron chi connectivity index (χ3n) is 1.06. The van der Waals surface area contributed by atoms with E-state index in [2.05, 4.69) is 0 Å². The molecule has 0 atom stereocenters. The van der Waals surface area contributed by atoms with Crippen LogP contribution in [0.25, 0.3) is 0 Å². The molecular formula is C9H16NNa3O8. The molecule has 0 rings (SSSR count). The molecule has 12 heteroatoms. The van der Waals surface area contributed by atoms with E-state index in [4.69, 9.17) is 5.11 Å². The Morgan fingerprint density at radius 3 is 1.10 bits per heavy atom. The summed E-state index contributed by atoms with van der Waals surface area (Å²) >= 11 is 0. The van der Waals surface area contributed by atoms with Crippen molar-refractivity contribution >= 4 is 17.9 Å². The first-order chi connectivity index (χ1) is 7.65. The van der Waals surface area contributed by atoms with Crippen LogP contribution in [0.3, 0.4) is 0 Å². The summed E-state index contributed by atoms with van der Waals surface area (Å²) in [5.74, 6) is -4.70. The molecule has 0 bridgehead atoms. The van der Waals surface area contributed by atoms with E-state index in [-0.39, 0.29) is 100 Å². The van der Waals surface area contributed by atoms with Gasteiger partial charge in [0.25, 0.3) is 0 Å². The van der Waals surface area contributed by atoms with Gasteiger partial charge in [0.15, 0.2) is 0 Å². The van der Waals surface area contributed by atoms with E-state index in [9.17, 15) is 29.7 Å². The van der Waals surface area contributed by atoms with Gasteiger partial charge in [0.1, 0.15) is 0 Å². The Morgan fingerprint density at radius 2 is 1.00 bits per heavy atom. The maximum Gasteiger partial charge on any atom is 1.00 e. The zero-order chi connectivity index (χ0) is 14.0. The molecule has 0 amide bonds. The van der Waals surface area contributed by atoms with E-state index >= 15 is 0 Å². The molecule has 0 fully saturated rings. The largest absolute Gasteiger partial charge is 1.00 e. The van der Waals surface area contributed by atoms with Crippen LogP contribution in [0.4, 0.5) is 0 Å². The summed E-state index contributed by atoms with van der Waals surface area (Å²) in [5.41, 5.74) is 0. The van der Waals surface area contributed by atoms with Gasteiger partial charge < -0.3 is 40.3 Å². The molecule has 0 radical (unpaired) electrons. The van der Waals surface area contributed by atoms with Gasteiger partial charge in [-0.3, -0.25) is 4.90 Å². The van der Waals surface area contributed by atoms with E-state index in [1.165, 1.54) is 0 Å². The molecule has 0 aliphatic rings. The Hall–Kier alpha value is 1.29. The average Bonchev–Trinajstić information content (AvgIpc) is 1.96. The number of hydrogen-bond acceptors (Lipinski definition) is 8. The van der Waals surface area contributed by atoms with Crippen molar-refractivity contribution in [3.63, 3.8) is 0 Å². The fourth-order valence-electron chi connectivity index (χ4n) is 0.715. The maximum absolute atomic E-state index is 9.99. The first-order valence-electron chi connectivity index (χ1n) is 4.65. The van der Waals surface area contributed by atoms with Gasteiger partial charge in [-0.1, -0.05) is 0 Å². The fraction of sp³-hybridized carbons (Fsp3) is 0.667. The number of hydrogen-bond donors (Lipinski definition) is 1. The van der Waals surface area contributed by atoms with Gasteiger partial charge in [0.2, 0.25) is 0 Å². The fourth-order valence-corrected chi connectivity index (χ4v) is 0.715. The van der Waals surface area contributed by atoms with Crippen LogP contribution >= 0.6 is 0 Å². The number of carboxylic acid groups (broad SMARTS) is 3. The molecule has 21 heavy (non-hydrogen) atoms. The molecule has 0 aromatic rings. The standard InChI is InChI=1S/C6H9NO6.C3H8O.3Na.H2O/c8-4(9)1-7(2-5(10)11)3-6(12)13;1-3(2)4;;;;/h1-3H2,(H,8,9)(H,10,11)(H,12,13);3-4H,1-2H3;;;;1H2/q;;3*+1;/p-3. The van der Waals surface area contributed by atoms with E-state index in [0.29, 0.717) is 4.90 Å². The molecular weight excluding hydrogens is 319 g/mol. The van der Waals surface area contributed by atoms with Crippen molar-refractivity contribution < 1.29 is 129 Å². The molecule has 0 unspecified atom stereocenters. The van der Waals surface area contributed by atoms with Crippen molar-refractivity contribution in [3.8, 4) is 0 Å². The zero-order valence-electron chi connectivity index (χ0n) is 13.0. The number of nitrogens with zero attached hydrogens (tertiary/aromatic N) is 1. The van der Waals surface area contributed by atoms with Crippen molar-refractivity contribution in [3.05, 3.63) is 0 Å². The summed E-state index contributed by atoms with van der Waals surface area (Å²) < 4.78 is 0. The topological polar surface area (TPSA) is 175 Å². The number of carboxylic acids is 3. The van der Waals surface area contributed by atoms with Crippen molar-refractivity contribution in [1.82, 2.24) is 4.90 Å². The summed E-state index contributed by atoms with van der Waals surface area (Å²) in [6, 6.07) is 0. The number of aliphatic hydroxyl groups is 1. The van der Waals surface area contributed by atoms with E-state index in [1.54, 1.807) is 13.8 Å². The van der Waals surface area contributed by atoms with Gasteiger partial charge in [-0.25, -0.2) is 0 Å². The second kappa shape index (κ2) is 23.6. The van der Waals surface area contributed by atoms with E-state index < -0.39 is 37.5 Å². The van der Waals surface area contributed by atoms with Gasteiger partial charge >= 0.3 is 88.7 Å². The Bertz CT molecular complexity index is 237. The minimum Gasteiger partial charge on any atom is -0.549 e. The predicted octanol–water partition coefficient (Wildman–Crippen LogP) is -14.9. The third-order valence-corrected chi connectivity index (χ3v) is 1.06. The minimum absolute atomic E-state index is 0. The second-order valence-electron chi connectivity index (χ2n) is 3.35. The normalized spacial score (nSPS) is 7.86. The van der Waals surface area contributed by atoms with Crippen molar-refractivity contribution in [2.75, 3.05) is 19.6 Å². The summed E-state index contributed by atoms with van der Waals surface area (Å²) in [6.07, 6.45) is -0.167. The molecule has 0 aromatic heterocycles. The Balaban J connectivity index is -0.0000000629. The first-order valence-corrected chi connectivity index (χ1v) is 4.65. The summed E-state index contributed by atoms with van der Waals surface area (Å²) in [4.78, 5) is 30.6. The quantitative estimate of drug-likeness (QED) is 0.465. The van der Waals surface area contributed by atoms with Gasteiger partial charge in [-0.05, 0) is 13.8 Å². The molecule has 0 heterocycles. The van der Waals surface area contributed by atoms with E-state index in [1.807, 2.05) is 0 Å². The van der Waals surface area contributed by atoms with Crippen LogP contribution in [-0.4, -0.2) is 59.1 Å². The van der Waals surface area contributed by atoms with Crippen LogP contribution < -0.4 is 104 Å². The number of rotatable bonds is 6. The summed E-state index contributed by atoms with van der Waals surface area (Å²) in [6.45, 7) is 1.08. The third kappa shape index (κ3) is 44.9. The van der Waals surface area contributed by atoms with Gasteiger partial charge in [-0.2, -0.15) is 0 Å². The second-order valence-corrected chi connectivity index (χ2v) is 3.35. The molecule has 0 saturated carbocycles. The van der Waals surface area contributed by atoms with Crippen LogP contribution in [0, 0.1) is 0 Å². The van der Waals surface area contributed by atoms with Crippen LogP contribution in [0.2, 0.25) is 0 Å². The Kier molecular flexibility index (Phi) is 42.7. The predicted molar refractivity (Wildman–Crippen MR) is 52.4 cm³/mol. The van der Waals surface area contributed by atoms with Crippen LogP contribution in [0.5, 0.6) is 0 Å². The molecule has 0 aromatic carbocycles. The van der Waals surface area contributed by atoms with Gasteiger partial charge in [0.05, 0.1) is 17.9 Å². The average molecular weight is 335 g/mol. The zero-order valence-corrected chi connectivity index (χ0v) is 19.0. The summed E-state index contributed by atoms with van der Waals surface area (Å²) in [5, 5.41) is 38.0. The molecule has 3 N–H and O–H groups in total. The van der Waals surface area contributed by atoms with E-state index in [0.717, 1.165) is 0 Å². The molecule has 0 saturated heterocycles. The summed E-state index contributed by atoms with van der Waals surface area (Å²) in [7, 11) is 0. The number of aliphatic carboxylic acids is 3. The van der Waals surface area contributed by atoms with Gasteiger partial charge in [-0.15, -0.1) is 0 Å². The SMILES string of the molecule is CC(C)O.O.O=C([O-])CN(CC(=O)[O-])CC(=O)[O-].[Na+].[Na+].[Na+]. The minimum atomic E-state index is -1.57. The smallest absolute Gasteiger partial charge is 0.549 e. The van der Waals surface area contributed by atoms with Crippen LogP contribution in [0.15, 0.2) is 0 Å². The molecule has 9 nitrogen and oxygen atoms in total. The van der Waals surface area contributed by atoms with Crippen molar-refractivity contribution in [2.45, 2.75) is 20.0 Å². The Morgan fingerprint density at radius 1 is 0.857 bits per heavy atom. The van der Waals surface area contributed by atoms with Gasteiger partial charge in [0, 0.05) is 25.7 Å². The van der Waals surface area contributed by atoms with Crippen molar-refractivity contribution in [2.24, 2.45) is 0 Å². The van der Waals surface area contributed by atoms with Crippen molar-refractivity contribution in [1.29, 1.82) is 0 Å². The Labute approximate surface area is 189 Å². The number of carbonyl (C=O) groups is 3. The molecule has 108 valence electrons. The number of carbonyl (C=O) groups excluding carboxylic acids is 3.